The van der Waals surface area contributed by atoms with Crippen LogP contribution in [-0.4, -0.2) is 70.3 Å². The molecule has 2 heterocycles. The van der Waals surface area contributed by atoms with Gasteiger partial charge in [0, 0.05) is 43.8 Å². The second-order valence-corrected chi connectivity index (χ2v) is 10.7. The molecule has 0 saturated carbocycles. The van der Waals surface area contributed by atoms with Crippen LogP contribution < -0.4 is 15.5 Å². The lowest BCUT2D eigenvalue weighted by Gasteiger charge is -2.41. The molecule has 1 atom stereocenters. The summed E-state index contributed by atoms with van der Waals surface area (Å²) in [5.74, 6) is 1.47. The van der Waals surface area contributed by atoms with Crippen LogP contribution in [0.3, 0.4) is 0 Å². The fourth-order valence-electron chi connectivity index (χ4n) is 3.15. The summed E-state index contributed by atoms with van der Waals surface area (Å²) in [5.41, 5.74) is -0.276. The van der Waals surface area contributed by atoms with Gasteiger partial charge in [0.1, 0.15) is 11.0 Å². The Labute approximate surface area is 194 Å². The highest BCUT2D eigenvalue weighted by molar-refractivity contribution is 7.99. The SMILES string of the molecule is CC(C)CCNC(=O)CSc1nc(Cl)cc(N2CCN(C(=O)NC(C)(C)C)C(C)C2)n1. The zero-order valence-corrected chi connectivity index (χ0v) is 20.9. The fraction of sp³-hybridized carbons (Fsp3) is 0.714. The number of aromatic nitrogens is 2. The molecular weight excluding hydrogens is 436 g/mol. The van der Waals surface area contributed by atoms with Gasteiger partial charge >= 0.3 is 6.03 Å². The summed E-state index contributed by atoms with van der Waals surface area (Å²) in [6, 6.07) is 1.69. The van der Waals surface area contributed by atoms with Gasteiger partial charge in [0.05, 0.1) is 5.75 Å². The van der Waals surface area contributed by atoms with E-state index in [1.165, 1.54) is 11.8 Å². The third-order valence-electron chi connectivity index (χ3n) is 4.73. The minimum absolute atomic E-state index is 0.0210. The van der Waals surface area contributed by atoms with Crippen molar-refractivity contribution in [2.45, 2.75) is 64.7 Å². The smallest absolute Gasteiger partial charge is 0.318 e. The molecule has 1 aliphatic rings. The Balaban J connectivity index is 1.94. The van der Waals surface area contributed by atoms with Crippen molar-refractivity contribution in [2.75, 3.05) is 36.8 Å². The van der Waals surface area contributed by atoms with Crippen LogP contribution in [0.1, 0.15) is 48.0 Å². The first-order valence-corrected chi connectivity index (χ1v) is 12.1. The monoisotopic (exact) mass is 470 g/mol. The Hall–Kier alpha value is -1.74. The molecule has 2 rings (SSSR count). The number of carbonyl (C=O) groups is 2. The minimum atomic E-state index is -0.276. The van der Waals surface area contributed by atoms with E-state index in [0.717, 1.165) is 6.42 Å². The molecule has 10 heteroatoms. The minimum Gasteiger partial charge on any atom is -0.355 e. The van der Waals surface area contributed by atoms with Crippen LogP contribution in [0.4, 0.5) is 10.6 Å². The molecule has 1 saturated heterocycles. The van der Waals surface area contributed by atoms with Crippen molar-refractivity contribution in [3.63, 3.8) is 0 Å². The molecule has 1 fully saturated rings. The standard InChI is InChI=1S/C21H35ClN6O2S/c1-14(2)7-8-23-18(29)13-31-19-24-16(22)11-17(25-19)27-9-10-28(15(3)12-27)20(30)26-21(4,5)6/h11,14-15H,7-10,12-13H2,1-6H3,(H,23,29)(H,26,30). The zero-order valence-electron chi connectivity index (χ0n) is 19.4. The topological polar surface area (TPSA) is 90.5 Å². The van der Waals surface area contributed by atoms with Gasteiger partial charge in [0.15, 0.2) is 5.16 Å². The van der Waals surface area contributed by atoms with Crippen LogP contribution in [0.5, 0.6) is 0 Å². The van der Waals surface area contributed by atoms with Gasteiger partial charge in [-0.2, -0.15) is 0 Å². The Morgan fingerprint density at radius 3 is 2.61 bits per heavy atom. The molecule has 8 nitrogen and oxygen atoms in total. The fourth-order valence-corrected chi connectivity index (χ4v) is 4.06. The van der Waals surface area contributed by atoms with Crippen LogP contribution >= 0.6 is 23.4 Å². The Morgan fingerprint density at radius 1 is 1.29 bits per heavy atom. The third kappa shape index (κ3) is 8.73. The molecule has 174 valence electrons. The van der Waals surface area contributed by atoms with Crippen molar-refractivity contribution in [1.29, 1.82) is 0 Å². The molecule has 31 heavy (non-hydrogen) atoms. The Kier molecular flexibility index (Phi) is 9.24. The van der Waals surface area contributed by atoms with Crippen molar-refractivity contribution in [3.05, 3.63) is 11.2 Å². The normalized spacial score (nSPS) is 17.1. The lowest BCUT2D eigenvalue weighted by Crippen LogP contribution is -2.59. The van der Waals surface area contributed by atoms with Gasteiger partial charge in [-0.3, -0.25) is 4.79 Å². The number of amides is 3. The average molecular weight is 471 g/mol. The number of rotatable bonds is 7. The number of halogens is 1. The van der Waals surface area contributed by atoms with Crippen LogP contribution in [0.15, 0.2) is 11.2 Å². The first-order chi connectivity index (χ1) is 14.4. The summed E-state index contributed by atoms with van der Waals surface area (Å²) in [5, 5.41) is 6.75. The van der Waals surface area contributed by atoms with Gasteiger partial charge in [-0.05, 0) is 40.0 Å². The highest BCUT2D eigenvalue weighted by Gasteiger charge is 2.30. The molecule has 0 aliphatic carbocycles. The van der Waals surface area contributed by atoms with Crippen LogP contribution in [-0.2, 0) is 4.79 Å². The van der Waals surface area contributed by atoms with Gasteiger partial charge in [-0.25, -0.2) is 14.8 Å². The molecule has 0 aromatic carbocycles. The molecular formula is C21H35ClN6O2S. The number of hydrogen-bond donors (Lipinski definition) is 2. The van der Waals surface area contributed by atoms with Gasteiger partial charge in [-0.15, -0.1) is 0 Å². The summed E-state index contributed by atoms with van der Waals surface area (Å²) >= 11 is 7.50. The number of thioether (sulfide) groups is 1. The van der Waals surface area contributed by atoms with Crippen molar-refractivity contribution < 1.29 is 9.59 Å². The molecule has 0 spiro atoms. The maximum absolute atomic E-state index is 12.5. The maximum Gasteiger partial charge on any atom is 0.318 e. The molecule has 1 aromatic rings. The zero-order chi connectivity index (χ0) is 23.2. The summed E-state index contributed by atoms with van der Waals surface area (Å²) in [7, 11) is 0. The predicted molar refractivity (Wildman–Crippen MR) is 127 cm³/mol. The predicted octanol–water partition coefficient (Wildman–Crippen LogP) is 3.40. The van der Waals surface area contributed by atoms with Crippen molar-refractivity contribution in [2.24, 2.45) is 5.92 Å². The van der Waals surface area contributed by atoms with Gasteiger partial charge in [0.2, 0.25) is 5.91 Å². The van der Waals surface area contributed by atoms with Gasteiger partial charge < -0.3 is 20.4 Å². The van der Waals surface area contributed by atoms with E-state index in [9.17, 15) is 9.59 Å². The largest absolute Gasteiger partial charge is 0.355 e. The second-order valence-electron chi connectivity index (χ2n) is 9.32. The average Bonchev–Trinajstić information content (AvgIpc) is 2.64. The van der Waals surface area contributed by atoms with E-state index in [4.69, 9.17) is 11.6 Å². The van der Waals surface area contributed by atoms with E-state index in [1.54, 1.807) is 6.07 Å². The van der Waals surface area contributed by atoms with E-state index < -0.39 is 0 Å². The van der Waals surface area contributed by atoms with E-state index in [2.05, 4.69) is 39.3 Å². The summed E-state index contributed by atoms with van der Waals surface area (Å²) in [6.07, 6.45) is 0.951. The van der Waals surface area contributed by atoms with Gasteiger partial charge in [0.25, 0.3) is 0 Å². The highest BCUT2D eigenvalue weighted by Crippen LogP contribution is 2.24. The Bertz CT molecular complexity index is 771. The second kappa shape index (κ2) is 11.2. The van der Waals surface area contributed by atoms with Crippen LogP contribution in [0, 0.1) is 5.92 Å². The lowest BCUT2D eigenvalue weighted by atomic mass is 10.1. The molecule has 1 aromatic heterocycles. The summed E-state index contributed by atoms with van der Waals surface area (Å²) in [6.45, 7) is 14.7. The molecule has 2 N–H and O–H groups in total. The molecule has 0 bridgehead atoms. The summed E-state index contributed by atoms with van der Waals surface area (Å²) in [4.78, 5) is 37.4. The van der Waals surface area contributed by atoms with E-state index >= 15 is 0 Å². The highest BCUT2D eigenvalue weighted by atomic mass is 35.5. The number of carbonyl (C=O) groups excluding carboxylic acids is 2. The number of nitrogens with one attached hydrogen (secondary N) is 2. The van der Waals surface area contributed by atoms with Crippen molar-refractivity contribution in [3.8, 4) is 0 Å². The van der Waals surface area contributed by atoms with Gasteiger partial charge in [-0.1, -0.05) is 37.2 Å². The van der Waals surface area contributed by atoms with Crippen molar-refractivity contribution in [1.82, 2.24) is 25.5 Å². The van der Waals surface area contributed by atoms with E-state index in [1.807, 2.05) is 32.6 Å². The lowest BCUT2D eigenvalue weighted by molar-refractivity contribution is -0.118. The molecule has 1 unspecified atom stereocenters. The maximum atomic E-state index is 12.5. The van der Waals surface area contributed by atoms with E-state index in [0.29, 0.717) is 48.2 Å². The first kappa shape index (κ1) is 25.5. The van der Waals surface area contributed by atoms with Crippen LogP contribution in [0.25, 0.3) is 0 Å². The first-order valence-electron chi connectivity index (χ1n) is 10.7. The van der Waals surface area contributed by atoms with Crippen molar-refractivity contribution >= 4 is 41.1 Å². The number of piperazine rings is 1. The number of anilines is 1. The van der Waals surface area contributed by atoms with E-state index in [-0.39, 0.29) is 29.3 Å². The number of hydrogen-bond acceptors (Lipinski definition) is 6. The quantitative estimate of drug-likeness (QED) is 0.360. The molecule has 1 aliphatic heterocycles. The molecule has 3 amide bonds. The molecule has 0 radical (unpaired) electrons. The third-order valence-corrected chi connectivity index (χ3v) is 5.77. The number of nitrogens with zero attached hydrogens (tertiary/aromatic N) is 4. The number of urea groups is 1. The summed E-state index contributed by atoms with van der Waals surface area (Å²) < 4.78 is 0. The van der Waals surface area contributed by atoms with Crippen LogP contribution in [0.2, 0.25) is 5.15 Å². The Morgan fingerprint density at radius 2 is 2.00 bits per heavy atom.